The van der Waals surface area contributed by atoms with Crippen LogP contribution in [-0.2, 0) is 4.79 Å². The molecule has 0 aromatic heterocycles. The van der Waals surface area contributed by atoms with Gasteiger partial charge >= 0.3 is 0 Å². The Labute approximate surface area is 129 Å². The van der Waals surface area contributed by atoms with Crippen LogP contribution in [0, 0.1) is 0 Å². The van der Waals surface area contributed by atoms with E-state index in [4.69, 9.17) is 46.4 Å². The highest BCUT2D eigenvalue weighted by molar-refractivity contribution is 6.76. The first-order valence-electron chi connectivity index (χ1n) is 5.09. The molecular formula is C12H7Cl4NO2. The van der Waals surface area contributed by atoms with Gasteiger partial charge in [0, 0.05) is 16.5 Å². The van der Waals surface area contributed by atoms with E-state index in [1.54, 1.807) is 24.3 Å². The summed E-state index contributed by atoms with van der Waals surface area (Å²) in [6.07, 6.45) is 0. The van der Waals surface area contributed by atoms with Crippen molar-refractivity contribution in [2.45, 2.75) is 3.79 Å². The van der Waals surface area contributed by atoms with Crippen LogP contribution in [0.1, 0.15) is 0 Å². The first kappa shape index (κ1) is 14.5. The van der Waals surface area contributed by atoms with Crippen LogP contribution in [0.2, 0.25) is 5.02 Å². The van der Waals surface area contributed by atoms with Crippen LogP contribution in [0.4, 0.5) is 5.69 Å². The molecule has 0 radical (unpaired) electrons. The van der Waals surface area contributed by atoms with Gasteiger partial charge in [-0.2, -0.15) is 0 Å². The molecule has 0 aliphatic carbocycles. The average molecular weight is 339 g/mol. The number of benzene rings is 2. The molecule has 0 bridgehead atoms. The third kappa shape index (κ3) is 3.00. The van der Waals surface area contributed by atoms with E-state index >= 15 is 0 Å². The number of fused-ring (bicyclic) bond motifs is 1. The van der Waals surface area contributed by atoms with Crippen LogP contribution in [0.15, 0.2) is 30.3 Å². The Kier molecular flexibility index (Phi) is 4.02. The van der Waals surface area contributed by atoms with Crippen molar-refractivity contribution >= 4 is 68.8 Å². The molecule has 100 valence electrons. The summed E-state index contributed by atoms with van der Waals surface area (Å²) >= 11 is 22.3. The largest absolute Gasteiger partial charge is 0.506 e. The van der Waals surface area contributed by atoms with Crippen LogP contribution < -0.4 is 5.32 Å². The summed E-state index contributed by atoms with van der Waals surface area (Å²) in [5.74, 6) is -0.844. The van der Waals surface area contributed by atoms with Gasteiger partial charge in [0.25, 0.3) is 9.70 Å². The number of hydrogen-bond acceptors (Lipinski definition) is 2. The van der Waals surface area contributed by atoms with Crippen molar-refractivity contribution in [3.8, 4) is 5.75 Å². The van der Waals surface area contributed by atoms with Crippen molar-refractivity contribution in [3.05, 3.63) is 35.4 Å². The molecule has 2 aromatic carbocycles. The minimum absolute atomic E-state index is 0.0656. The van der Waals surface area contributed by atoms with E-state index < -0.39 is 9.70 Å². The molecule has 0 saturated carbocycles. The molecule has 0 saturated heterocycles. The lowest BCUT2D eigenvalue weighted by Crippen LogP contribution is -2.26. The maximum atomic E-state index is 11.6. The number of carbonyl (C=O) groups is 1. The van der Waals surface area contributed by atoms with Gasteiger partial charge in [-0.05, 0) is 12.1 Å². The quantitative estimate of drug-likeness (QED) is 0.752. The first-order valence-corrected chi connectivity index (χ1v) is 6.60. The van der Waals surface area contributed by atoms with E-state index in [1.165, 1.54) is 6.07 Å². The minimum Gasteiger partial charge on any atom is -0.506 e. The summed E-state index contributed by atoms with van der Waals surface area (Å²) in [4.78, 5) is 11.6. The van der Waals surface area contributed by atoms with E-state index in [2.05, 4.69) is 5.32 Å². The highest BCUT2D eigenvalue weighted by Gasteiger charge is 2.30. The zero-order chi connectivity index (χ0) is 14.2. The molecule has 2 N–H and O–H groups in total. The highest BCUT2D eigenvalue weighted by atomic mass is 35.6. The molecule has 2 rings (SSSR count). The Morgan fingerprint density at radius 3 is 2.42 bits per heavy atom. The number of phenolic OH excluding ortho intramolecular Hbond substituents is 1. The topological polar surface area (TPSA) is 49.3 Å². The number of alkyl halides is 3. The number of rotatable bonds is 1. The Balaban J connectivity index is 2.51. The fourth-order valence-corrected chi connectivity index (χ4v) is 1.92. The Bertz CT molecular complexity index is 652. The second-order valence-corrected chi connectivity index (χ2v) is 6.44. The summed E-state index contributed by atoms with van der Waals surface area (Å²) in [7, 11) is 0. The number of anilines is 1. The van der Waals surface area contributed by atoms with E-state index in [9.17, 15) is 9.90 Å². The van der Waals surface area contributed by atoms with Gasteiger partial charge in [0.2, 0.25) is 0 Å². The van der Waals surface area contributed by atoms with Crippen molar-refractivity contribution in [2.75, 3.05) is 5.32 Å². The van der Waals surface area contributed by atoms with Gasteiger partial charge in [0.15, 0.2) is 0 Å². The van der Waals surface area contributed by atoms with Gasteiger partial charge in [0.1, 0.15) is 5.75 Å². The fraction of sp³-hybridized carbons (Fsp3) is 0.0833. The maximum absolute atomic E-state index is 11.6. The molecule has 0 aliphatic heterocycles. The van der Waals surface area contributed by atoms with Gasteiger partial charge in [-0.1, -0.05) is 64.6 Å². The molecule has 0 atom stereocenters. The molecule has 19 heavy (non-hydrogen) atoms. The summed E-state index contributed by atoms with van der Waals surface area (Å²) < 4.78 is -2.06. The van der Waals surface area contributed by atoms with E-state index in [-0.39, 0.29) is 10.8 Å². The lowest BCUT2D eigenvalue weighted by Gasteiger charge is -2.13. The molecule has 0 heterocycles. The van der Waals surface area contributed by atoms with Crippen LogP contribution in [0.5, 0.6) is 5.75 Å². The van der Waals surface area contributed by atoms with E-state index in [0.29, 0.717) is 16.5 Å². The summed E-state index contributed by atoms with van der Waals surface area (Å²) in [6.45, 7) is 0. The number of hydrogen-bond donors (Lipinski definition) is 2. The maximum Gasteiger partial charge on any atom is 0.276 e. The monoisotopic (exact) mass is 337 g/mol. The Morgan fingerprint density at radius 2 is 1.79 bits per heavy atom. The number of aromatic hydroxyl groups is 1. The standard InChI is InChI=1S/C12H7Cl4NO2/c13-8-5-4-6-7(10(8)18)2-1-3-9(6)17-11(19)12(14,15)16/h1-5,18H,(H,17,19). The third-order valence-electron chi connectivity index (χ3n) is 2.49. The van der Waals surface area contributed by atoms with Gasteiger partial charge in [-0.3, -0.25) is 4.79 Å². The van der Waals surface area contributed by atoms with Gasteiger partial charge < -0.3 is 10.4 Å². The summed E-state index contributed by atoms with van der Waals surface area (Å²) in [6, 6.07) is 8.12. The highest BCUT2D eigenvalue weighted by Crippen LogP contribution is 2.36. The second-order valence-electron chi connectivity index (χ2n) is 3.75. The average Bonchev–Trinajstić information content (AvgIpc) is 2.33. The van der Waals surface area contributed by atoms with Gasteiger partial charge in [-0.15, -0.1) is 0 Å². The van der Waals surface area contributed by atoms with Crippen molar-refractivity contribution in [3.63, 3.8) is 0 Å². The van der Waals surface area contributed by atoms with E-state index in [0.717, 1.165) is 0 Å². The third-order valence-corrected chi connectivity index (χ3v) is 3.31. The minimum atomic E-state index is -2.06. The number of phenols is 1. The van der Waals surface area contributed by atoms with Gasteiger partial charge in [0.05, 0.1) is 5.02 Å². The number of halogens is 4. The van der Waals surface area contributed by atoms with Crippen molar-refractivity contribution < 1.29 is 9.90 Å². The fourth-order valence-electron chi connectivity index (χ4n) is 1.62. The lowest BCUT2D eigenvalue weighted by atomic mass is 10.1. The second kappa shape index (κ2) is 5.25. The first-order chi connectivity index (χ1) is 8.80. The Morgan fingerprint density at radius 1 is 1.11 bits per heavy atom. The van der Waals surface area contributed by atoms with Crippen molar-refractivity contribution in [1.82, 2.24) is 0 Å². The van der Waals surface area contributed by atoms with Gasteiger partial charge in [-0.25, -0.2) is 0 Å². The zero-order valence-corrected chi connectivity index (χ0v) is 12.3. The molecule has 0 fully saturated rings. The molecule has 3 nitrogen and oxygen atoms in total. The van der Waals surface area contributed by atoms with Crippen molar-refractivity contribution in [2.24, 2.45) is 0 Å². The van der Waals surface area contributed by atoms with Crippen LogP contribution in [0.3, 0.4) is 0 Å². The normalized spacial score (nSPS) is 11.6. The molecular weight excluding hydrogens is 332 g/mol. The predicted molar refractivity (Wildman–Crippen MR) is 79.5 cm³/mol. The number of nitrogens with one attached hydrogen (secondary N) is 1. The molecule has 0 aliphatic rings. The van der Waals surface area contributed by atoms with Crippen molar-refractivity contribution in [1.29, 1.82) is 0 Å². The van der Waals surface area contributed by atoms with Crippen LogP contribution in [-0.4, -0.2) is 14.8 Å². The number of amides is 1. The lowest BCUT2D eigenvalue weighted by molar-refractivity contribution is -0.115. The smallest absolute Gasteiger partial charge is 0.276 e. The summed E-state index contributed by atoms with van der Waals surface area (Å²) in [5.41, 5.74) is 0.417. The Hall–Kier alpha value is -0.870. The molecule has 2 aromatic rings. The predicted octanol–water partition coefficient (Wildman–Crippen LogP) is 4.51. The van der Waals surface area contributed by atoms with Crippen LogP contribution >= 0.6 is 46.4 Å². The van der Waals surface area contributed by atoms with Crippen LogP contribution in [0.25, 0.3) is 10.8 Å². The molecule has 1 amide bonds. The molecule has 7 heteroatoms. The summed E-state index contributed by atoms with van der Waals surface area (Å²) in [5, 5.41) is 13.6. The molecule has 0 unspecified atom stereocenters. The molecule has 0 spiro atoms. The number of carbonyl (C=O) groups excluding carboxylic acids is 1. The van der Waals surface area contributed by atoms with E-state index in [1.807, 2.05) is 0 Å². The zero-order valence-electron chi connectivity index (χ0n) is 9.25. The SMILES string of the molecule is O=C(Nc1cccc2c(O)c(Cl)ccc12)C(Cl)(Cl)Cl.